The van der Waals surface area contributed by atoms with Crippen molar-refractivity contribution in [3.63, 3.8) is 0 Å². The number of aliphatic carboxylic acids is 1. The van der Waals surface area contributed by atoms with Crippen LogP contribution in [-0.2, 0) is 17.6 Å². The van der Waals surface area contributed by atoms with Gasteiger partial charge in [0.15, 0.2) is 0 Å². The number of nitrogens with zero attached hydrogens (tertiary/aromatic N) is 1. The van der Waals surface area contributed by atoms with E-state index in [9.17, 15) is 9.90 Å². The Kier molecular flexibility index (Phi) is 3.81. The van der Waals surface area contributed by atoms with Crippen molar-refractivity contribution in [2.24, 2.45) is 5.41 Å². The van der Waals surface area contributed by atoms with Crippen LogP contribution in [0, 0.1) is 5.41 Å². The van der Waals surface area contributed by atoms with Crippen LogP contribution in [0.4, 0.5) is 5.69 Å². The number of hydrogen-bond donors (Lipinski definition) is 1. The summed E-state index contributed by atoms with van der Waals surface area (Å²) >= 11 is 0. The Morgan fingerprint density at radius 2 is 2.10 bits per heavy atom. The molecule has 0 bridgehead atoms. The molecule has 1 aromatic rings. The van der Waals surface area contributed by atoms with Crippen molar-refractivity contribution in [3.05, 3.63) is 29.3 Å². The lowest BCUT2D eigenvalue weighted by Gasteiger charge is -2.29. The van der Waals surface area contributed by atoms with Crippen LogP contribution in [0.3, 0.4) is 0 Å². The molecule has 0 saturated heterocycles. The van der Waals surface area contributed by atoms with Gasteiger partial charge in [-0.2, -0.15) is 0 Å². The largest absolute Gasteiger partial charge is 0.481 e. The molecule has 1 N–H and O–H groups in total. The highest BCUT2D eigenvalue weighted by molar-refractivity contribution is 5.74. The van der Waals surface area contributed by atoms with E-state index in [1.165, 1.54) is 16.8 Å². The van der Waals surface area contributed by atoms with Gasteiger partial charge >= 0.3 is 5.97 Å². The lowest BCUT2D eigenvalue weighted by Crippen LogP contribution is -2.35. The summed E-state index contributed by atoms with van der Waals surface area (Å²) in [7, 11) is 0. The third-order valence-corrected chi connectivity index (χ3v) is 4.27. The highest BCUT2D eigenvalue weighted by atomic mass is 16.4. The minimum absolute atomic E-state index is 0.467. The van der Waals surface area contributed by atoms with Gasteiger partial charge < -0.3 is 10.0 Å². The van der Waals surface area contributed by atoms with Crippen molar-refractivity contribution in [1.82, 2.24) is 0 Å². The molecule has 0 fully saturated rings. The molecule has 1 heterocycles. The van der Waals surface area contributed by atoms with E-state index in [0.717, 1.165) is 6.42 Å². The van der Waals surface area contributed by atoms with Crippen molar-refractivity contribution in [1.29, 1.82) is 0 Å². The number of rotatable bonds is 4. The molecule has 1 atom stereocenters. The fourth-order valence-corrected chi connectivity index (χ4v) is 3.23. The monoisotopic (exact) mass is 275 g/mol. The zero-order valence-corrected chi connectivity index (χ0v) is 13.1. The molecule has 3 nitrogen and oxygen atoms in total. The maximum absolute atomic E-state index is 11.4. The molecule has 1 aromatic carbocycles. The summed E-state index contributed by atoms with van der Waals surface area (Å²) in [5.74, 6) is -0.734. The van der Waals surface area contributed by atoms with Crippen molar-refractivity contribution in [2.75, 3.05) is 4.90 Å². The highest BCUT2D eigenvalue weighted by Crippen LogP contribution is 2.38. The Labute approximate surface area is 121 Å². The summed E-state index contributed by atoms with van der Waals surface area (Å²) in [6.45, 7) is 10.3. The van der Waals surface area contributed by atoms with E-state index in [-0.39, 0.29) is 0 Å². The normalized spacial score (nSPS) is 18.5. The minimum atomic E-state index is -0.734. The topological polar surface area (TPSA) is 40.5 Å². The summed E-state index contributed by atoms with van der Waals surface area (Å²) in [6.07, 6.45) is 1.60. The third-order valence-electron chi connectivity index (χ3n) is 4.27. The molecule has 1 aliphatic rings. The van der Waals surface area contributed by atoms with E-state index in [0.29, 0.717) is 18.5 Å². The van der Waals surface area contributed by atoms with Gasteiger partial charge in [0.2, 0.25) is 0 Å². The standard InChI is InChI=1S/C17H25NO2/c1-11(2)18-12(3)9-14-13(7-6-8-15(14)18)10-17(4,5)16(19)20/h6-8,11-12H,9-10H2,1-5H3,(H,19,20). The van der Waals surface area contributed by atoms with Crippen LogP contribution in [0.5, 0.6) is 0 Å². The molecule has 0 aromatic heterocycles. The predicted molar refractivity (Wildman–Crippen MR) is 82.3 cm³/mol. The fourth-order valence-electron chi connectivity index (χ4n) is 3.23. The van der Waals surface area contributed by atoms with Gasteiger partial charge in [-0.1, -0.05) is 12.1 Å². The summed E-state index contributed by atoms with van der Waals surface area (Å²) in [5.41, 5.74) is 3.09. The molecule has 0 aliphatic carbocycles. The van der Waals surface area contributed by atoms with Gasteiger partial charge in [-0.3, -0.25) is 4.79 Å². The zero-order valence-electron chi connectivity index (χ0n) is 13.1. The van der Waals surface area contributed by atoms with Crippen LogP contribution in [-0.4, -0.2) is 23.2 Å². The number of carboxylic acid groups (broad SMARTS) is 1. The summed E-state index contributed by atoms with van der Waals surface area (Å²) in [5, 5.41) is 9.33. The Hall–Kier alpha value is -1.51. The van der Waals surface area contributed by atoms with Gasteiger partial charge in [0.25, 0.3) is 0 Å². The van der Waals surface area contributed by atoms with E-state index in [1.54, 1.807) is 13.8 Å². The van der Waals surface area contributed by atoms with Gasteiger partial charge in [-0.25, -0.2) is 0 Å². The summed E-state index contributed by atoms with van der Waals surface area (Å²) in [4.78, 5) is 13.8. The van der Waals surface area contributed by atoms with Gasteiger partial charge in [0.05, 0.1) is 5.41 Å². The van der Waals surface area contributed by atoms with E-state index in [4.69, 9.17) is 0 Å². The number of anilines is 1. The van der Waals surface area contributed by atoms with Gasteiger partial charge in [0.1, 0.15) is 0 Å². The molecule has 3 heteroatoms. The van der Waals surface area contributed by atoms with Crippen molar-refractivity contribution in [2.45, 2.75) is 59.5 Å². The SMILES string of the molecule is CC(C)N1c2cccc(CC(C)(C)C(=O)O)c2CC1C. The summed E-state index contributed by atoms with van der Waals surface area (Å²) < 4.78 is 0. The highest BCUT2D eigenvalue weighted by Gasteiger charge is 2.33. The minimum Gasteiger partial charge on any atom is -0.481 e. The molecule has 1 aliphatic heterocycles. The van der Waals surface area contributed by atoms with Gasteiger partial charge in [-0.05, 0) is 64.7 Å². The van der Waals surface area contributed by atoms with Crippen LogP contribution in [0.25, 0.3) is 0 Å². The molecule has 0 radical (unpaired) electrons. The molecular weight excluding hydrogens is 250 g/mol. The van der Waals surface area contributed by atoms with Crippen LogP contribution < -0.4 is 4.90 Å². The second-order valence-electron chi connectivity index (χ2n) is 6.83. The molecule has 110 valence electrons. The predicted octanol–water partition coefficient (Wildman–Crippen LogP) is 3.50. The maximum Gasteiger partial charge on any atom is 0.309 e. The molecule has 1 unspecified atom stereocenters. The molecule has 0 amide bonds. The first-order chi connectivity index (χ1) is 9.24. The Bertz CT molecular complexity index is 520. The average molecular weight is 275 g/mol. The smallest absolute Gasteiger partial charge is 0.309 e. The lowest BCUT2D eigenvalue weighted by molar-refractivity contribution is -0.146. The Balaban J connectivity index is 2.38. The first kappa shape index (κ1) is 14.9. The number of carbonyl (C=O) groups is 1. The number of hydrogen-bond acceptors (Lipinski definition) is 2. The second-order valence-corrected chi connectivity index (χ2v) is 6.83. The van der Waals surface area contributed by atoms with Crippen molar-refractivity contribution >= 4 is 11.7 Å². The molecular formula is C17H25NO2. The first-order valence-corrected chi connectivity index (χ1v) is 7.36. The Morgan fingerprint density at radius 1 is 1.45 bits per heavy atom. The fraction of sp³-hybridized carbons (Fsp3) is 0.588. The zero-order chi connectivity index (χ0) is 15.1. The van der Waals surface area contributed by atoms with Crippen molar-refractivity contribution in [3.8, 4) is 0 Å². The van der Waals surface area contributed by atoms with Gasteiger partial charge in [-0.15, -0.1) is 0 Å². The van der Waals surface area contributed by atoms with E-state index >= 15 is 0 Å². The Morgan fingerprint density at radius 3 is 2.65 bits per heavy atom. The van der Waals surface area contributed by atoms with Gasteiger partial charge in [0, 0.05) is 17.8 Å². The van der Waals surface area contributed by atoms with Crippen molar-refractivity contribution < 1.29 is 9.90 Å². The van der Waals surface area contributed by atoms with E-state index < -0.39 is 11.4 Å². The summed E-state index contributed by atoms with van der Waals surface area (Å²) in [6, 6.07) is 7.25. The van der Waals surface area contributed by atoms with E-state index in [1.807, 2.05) is 0 Å². The lowest BCUT2D eigenvalue weighted by atomic mass is 9.83. The molecule has 2 rings (SSSR count). The quantitative estimate of drug-likeness (QED) is 0.914. The van der Waals surface area contributed by atoms with Crippen LogP contribution in [0.2, 0.25) is 0 Å². The van der Waals surface area contributed by atoms with Crippen LogP contribution in [0.1, 0.15) is 45.7 Å². The second kappa shape index (κ2) is 5.12. The molecule has 20 heavy (non-hydrogen) atoms. The van der Waals surface area contributed by atoms with E-state index in [2.05, 4.69) is 43.9 Å². The number of fused-ring (bicyclic) bond motifs is 1. The van der Waals surface area contributed by atoms with Crippen LogP contribution in [0.15, 0.2) is 18.2 Å². The first-order valence-electron chi connectivity index (χ1n) is 7.36. The average Bonchev–Trinajstić information content (AvgIpc) is 2.65. The maximum atomic E-state index is 11.4. The number of benzene rings is 1. The molecule has 0 spiro atoms. The van der Waals surface area contributed by atoms with Crippen LogP contribution >= 0.6 is 0 Å². The number of carboxylic acids is 1. The third kappa shape index (κ3) is 2.54. The molecule has 0 saturated carbocycles.